The second-order valence-corrected chi connectivity index (χ2v) is 3.78. The maximum Gasteiger partial charge on any atom is 0.341 e. The van der Waals surface area contributed by atoms with Gasteiger partial charge in [0.25, 0.3) is 0 Å². The molecule has 100 valence electrons. The number of carbonyl (C=O) groups is 1. The molecule has 0 amide bonds. The van der Waals surface area contributed by atoms with Crippen LogP contribution in [-0.2, 0) is 9.47 Å². The second kappa shape index (κ2) is 7.50. The first-order chi connectivity index (χ1) is 8.69. The van der Waals surface area contributed by atoms with Crippen molar-refractivity contribution in [2.75, 3.05) is 38.4 Å². The standard InChI is InChI=1S/C12H19N3O3/c1-17-6-4-3-5-14-11-10(12(16)18-2)7-9(13)8-15-11/h7-8H,3-6,13H2,1-2H3,(H,14,15). The molecule has 0 atom stereocenters. The van der Waals surface area contributed by atoms with Crippen LogP contribution in [0.5, 0.6) is 0 Å². The number of nitrogen functional groups attached to an aromatic ring is 1. The maximum atomic E-state index is 11.5. The molecule has 0 aliphatic rings. The fourth-order valence-corrected chi connectivity index (χ4v) is 1.47. The highest BCUT2D eigenvalue weighted by Gasteiger charge is 2.13. The van der Waals surface area contributed by atoms with Gasteiger partial charge in [-0.3, -0.25) is 0 Å². The zero-order chi connectivity index (χ0) is 13.4. The van der Waals surface area contributed by atoms with E-state index in [1.54, 1.807) is 13.2 Å². The number of ether oxygens (including phenoxy) is 2. The number of unbranched alkanes of at least 4 members (excludes halogenated alkanes) is 1. The van der Waals surface area contributed by atoms with Crippen molar-refractivity contribution in [1.82, 2.24) is 4.98 Å². The third-order valence-electron chi connectivity index (χ3n) is 2.38. The minimum absolute atomic E-state index is 0.351. The zero-order valence-electron chi connectivity index (χ0n) is 10.7. The molecule has 1 aromatic heterocycles. The molecule has 0 aliphatic heterocycles. The summed E-state index contributed by atoms with van der Waals surface area (Å²) in [5.74, 6) is 0.0441. The summed E-state index contributed by atoms with van der Waals surface area (Å²) in [6, 6.07) is 1.55. The van der Waals surface area contributed by atoms with Crippen molar-refractivity contribution in [2.24, 2.45) is 0 Å². The van der Waals surface area contributed by atoms with Crippen LogP contribution >= 0.6 is 0 Å². The Morgan fingerprint density at radius 3 is 2.89 bits per heavy atom. The molecule has 0 radical (unpaired) electrons. The summed E-state index contributed by atoms with van der Waals surface area (Å²) in [6.45, 7) is 1.44. The third kappa shape index (κ3) is 4.21. The lowest BCUT2D eigenvalue weighted by molar-refractivity contribution is 0.0601. The third-order valence-corrected chi connectivity index (χ3v) is 2.38. The minimum Gasteiger partial charge on any atom is -0.465 e. The Labute approximate surface area is 106 Å². The van der Waals surface area contributed by atoms with E-state index in [4.69, 9.17) is 10.5 Å². The van der Waals surface area contributed by atoms with Gasteiger partial charge in [-0.25, -0.2) is 9.78 Å². The van der Waals surface area contributed by atoms with Crippen molar-refractivity contribution in [3.8, 4) is 0 Å². The number of methoxy groups -OCH3 is 2. The number of anilines is 2. The van der Waals surface area contributed by atoms with E-state index >= 15 is 0 Å². The first-order valence-corrected chi connectivity index (χ1v) is 5.75. The maximum absolute atomic E-state index is 11.5. The Bertz CT molecular complexity index is 396. The number of hydrogen-bond donors (Lipinski definition) is 2. The number of aromatic nitrogens is 1. The van der Waals surface area contributed by atoms with Gasteiger partial charge in [0.2, 0.25) is 0 Å². The summed E-state index contributed by atoms with van der Waals surface area (Å²) in [6.07, 6.45) is 3.39. The van der Waals surface area contributed by atoms with E-state index in [0.29, 0.717) is 23.6 Å². The molecule has 0 saturated heterocycles. The lowest BCUT2D eigenvalue weighted by atomic mass is 10.2. The van der Waals surface area contributed by atoms with Gasteiger partial charge < -0.3 is 20.5 Å². The van der Waals surface area contributed by atoms with Crippen molar-refractivity contribution in [1.29, 1.82) is 0 Å². The van der Waals surface area contributed by atoms with Gasteiger partial charge >= 0.3 is 5.97 Å². The number of esters is 1. The Hall–Kier alpha value is -1.82. The lowest BCUT2D eigenvalue weighted by Crippen LogP contribution is -2.12. The van der Waals surface area contributed by atoms with Crippen LogP contribution in [0.25, 0.3) is 0 Å². The van der Waals surface area contributed by atoms with E-state index in [-0.39, 0.29) is 0 Å². The van der Waals surface area contributed by atoms with Gasteiger partial charge in [-0.15, -0.1) is 0 Å². The van der Waals surface area contributed by atoms with Gasteiger partial charge in [0, 0.05) is 20.3 Å². The van der Waals surface area contributed by atoms with E-state index in [1.165, 1.54) is 13.3 Å². The Morgan fingerprint density at radius 1 is 1.44 bits per heavy atom. The molecular weight excluding hydrogens is 234 g/mol. The summed E-state index contributed by atoms with van der Waals surface area (Å²) in [4.78, 5) is 15.6. The molecule has 0 fully saturated rings. The minimum atomic E-state index is -0.450. The molecule has 1 aromatic rings. The molecule has 0 spiro atoms. The SMILES string of the molecule is COCCCCNc1ncc(N)cc1C(=O)OC. The normalized spacial score (nSPS) is 10.1. The molecule has 3 N–H and O–H groups in total. The van der Waals surface area contributed by atoms with Crippen molar-refractivity contribution in [3.63, 3.8) is 0 Å². The molecule has 6 heteroatoms. The van der Waals surface area contributed by atoms with Gasteiger partial charge in [0.15, 0.2) is 0 Å². The molecule has 1 heterocycles. The first kappa shape index (κ1) is 14.2. The van der Waals surface area contributed by atoms with Crippen molar-refractivity contribution >= 4 is 17.5 Å². The van der Waals surface area contributed by atoms with E-state index in [0.717, 1.165) is 19.4 Å². The summed E-state index contributed by atoms with van der Waals surface area (Å²) in [5.41, 5.74) is 6.38. The van der Waals surface area contributed by atoms with E-state index in [9.17, 15) is 4.79 Å². The molecule has 6 nitrogen and oxygen atoms in total. The number of carbonyl (C=O) groups excluding carboxylic acids is 1. The molecular formula is C12H19N3O3. The van der Waals surface area contributed by atoms with Crippen LogP contribution in [0.1, 0.15) is 23.2 Å². The van der Waals surface area contributed by atoms with Crippen molar-refractivity contribution in [3.05, 3.63) is 17.8 Å². The topological polar surface area (TPSA) is 86.5 Å². The predicted octanol–water partition coefficient (Wildman–Crippen LogP) is 1.29. The average molecular weight is 253 g/mol. The summed E-state index contributed by atoms with van der Waals surface area (Å²) < 4.78 is 9.64. The number of nitrogens with two attached hydrogens (primary N) is 1. The van der Waals surface area contributed by atoms with Gasteiger partial charge in [0.05, 0.1) is 19.0 Å². The highest BCUT2D eigenvalue weighted by molar-refractivity contribution is 5.95. The molecule has 0 bridgehead atoms. The highest BCUT2D eigenvalue weighted by Crippen LogP contribution is 2.16. The smallest absolute Gasteiger partial charge is 0.341 e. The molecule has 0 unspecified atom stereocenters. The number of hydrogen-bond acceptors (Lipinski definition) is 6. The monoisotopic (exact) mass is 253 g/mol. The first-order valence-electron chi connectivity index (χ1n) is 5.75. The van der Waals surface area contributed by atoms with Crippen LogP contribution < -0.4 is 11.1 Å². The molecule has 0 aromatic carbocycles. The molecule has 0 aliphatic carbocycles. The van der Waals surface area contributed by atoms with E-state index in [2.05, 4.69) is 15.0 Å². The van der Waals surface area contributed by atoms with Crippen LogP contribution in [0, 0.1) is 0 Å². The second-order valence-electron chi connectivity index (χ2n) is 3.78. The predicted molar refractivity (Wildman–Crippen MR) is 69.6 cm³/mol. The number of pyridine rings is 1. The quantitative estimate of drug-likeness (QED) is 0.562. The summed E-state index contributed by atoms with van der Waals surface area (Å²) >= 11 is 0. The molecule has 1 rings (SSSR count). The van der Waals surface area contributed by atoms with Gasteiger partial charge in [-0.05, 0) is 18.9 Å². The van der Waals surface area contributed by atoms with Crippen LogP contribution in [-0.4, -0.2) is 38.3 Å². The van der Waals surface area contributed by atoms with E-state index < -0.39 is 5.97 Å². The van der Waals surface area contributed by atoms with Crippen LogP contribution in [0.3, 0.4) is 0 Å². The van der Waals surface area contributed by atoms with Gasteiger partial charge in [0.1, 0.15) is 11.4 Å². The summed E-state index contributed by atoms with van der Waals surface area (Å²) in [5, 5.41) is 3.09. The Kier molecular flexibility index (Phi) is 5.93. The largest absolute Gasteiger partial charge is 0.465 e. The number of nitrogens with zero attached hydrogens (tertiary/aromatic N) is 1. The Balaban J connectivity index is 2.61. The van der Waals surface area contributed by atoms with Crippen LogP contribution in [0.2, 0.25) is 0 Å². The summed E-state index contributed by atoms with van der Waals surface area (Å²) in [7, 11) is 3.00. The van der Waals surface area contributed by atoms with Crippen molar-refractivity contribution in [2.45, 2.75) is 12.8 Å². The fraction of sp³-hybridized carbons (Fsp3) is 0.500. The number of rotatable bonds is 7. The van der Waals surface area contributed by atoms with Crippen LogP contribution in [0.15, 0.2) is 12.3 Å². The number of nitrogens with one attached hydrogen (secondary N) is 1. The van der Waals surface area contributed by atoms with Crippen LogP contribution in [0.4, 0.5) is 11.5 Å². The molecule has 0 saturated carbocycles. The lowest BCUT2D eigenvalue weighted by Gasteiger charge is -2.10. The fourth-order valence-electron chi connectivity index (χ4n) is 1.47. The van der Waals surface area contributed by atoms with Gasteiger partial charge in [-0.1, -0.05) is 0 Å². The van der Waals surface area contributed by atoms with E-state index in [1.807, 2.05) is 0 Å². The zero-order valence-corrected chi connectivity index (χ0v) is 10.7. The Morgan fingerprint density at radius 2 is 2.22 bits per heavy atom. The van der Waals surface area contributed by atoms with Crippen molar-refractivity contribution < 1.29 is 14.3 Å². The molecule has 18 heavy (non-hydrogen) atoms. The van der Waals surface area contributed by atoms with Gasteiger partial charge in [-0.2, -0.15) is 0 Å². The average Bonchev–Trinajstić information content (AvgIpc) is 2.39. The highest BCUT2D eigenvalue weighted by atomic mass is 16.5.